The molecule has 0 spiro atoms. The minimum Gasteiger partial charge on any atom is -0.291 e. The van der Waals surface area contributed by atoms with Crippen molar-refractivity contribution in [2.75, 3.05) is 0 Å². The van der Waals surface area contributed by atoms with E-state index < -0.39 is 27.8 Å². The highest BCUT2D eigenvalue weighted by molar-refractivity contribution is 7.86. The highest BCUT2D eigenvalue weighted by Crippen LogP contribution is 2.22. The van der Waals surface area contributed by atoms with E-state index in [1.165, 1.54) is 31.2 Å². The van der Waals surface area contributed by atoms with Crippen molar-refractivity contribution in [2.45, 2.75) is 17.9 Å². The van der Waals surface area contributed by atoms with Gasteiger partial charge in [-0.15, -0.1) is 0 Å². The summed E-state index contributed by atoms with van der Waals surface area (Å²) >= 11 is 0. The molecule has 3 rings (SSSR count). The third-order valence-corrected chi connectivity index (χ3v) is 5.15. The van der Waals surface area contributed by atoms with Gasteiger partial charge in [0.05, 0.1) is 4.90 Å². The molecule has 0 N–H and O–H groups in total. The summed E-state index contributed by atoms with van der Waals surface area (Å²) in [5, 5.41) is 1.65. The van der Waals surface area contributed by atoms with Crippen LogP contribution in [0.15, 0.2) is 71.6 Å². The van der Waals surface area contributed by atoms with Crippen LogP contribution in [0.5, 0.6) is 0 Å². The van der Waals surface area contributed by atoms with Crippen molar-refractivity contribution >= 4 is 26.7 Å². The number of carbonyl (C=O) groups is 1. The fraction of sp³-hybridized carbons (Fsp3) is 0.105. The number of fused-ring (bicyclic) bond motifs is 1. The van der Waals surface area contributed by atoms with Gasteiger partial charge in [0.15, 0.2) is 5.78 Å². The van der Waals surface area contributed by atoms with E-state index in [0.29, 0.717) is 0 Å². The Bertz CT molecular complexity index is 1030. The maximum Gasteiger partial charge on any atom is 0.297 e. The minimum absolute atomic E-state index is 0.0232. The van der Waals surface area contributed by atoms with Crippen LogP contribution in [0.1, 0.15) is 17.3 Å². The van der Waals surface area contributed by atoms with Crippen molar-refractivity contribution in [2.24, 2.45) is 0 Å². The van der Waals surface area contributed by atoms with Crippen LogP contribution in [0.25, 0.3) is 10.8 Å². The normalized spacial score (nSPS) is 12.9. The fourth-order valence-electron chi connectivity index (χ4n) is 2.46. The van der Waals surface area contributed by atoms with Gasteiger partial charge in [0.1, 0.15) is 11.9 Å². The monoisotopic (exact) mass is 358 g/mol. The lowest BCUT2D eigenvalue weighted by Crippen LogP contribution is -2.24. The summed E-state index contributed by atoms with van der Waals surface area (Å²) in [4.78, 5) is 12.2. The first-order valence-electron chi connectivity index (χ1n) is 7.59. The average molecular weight is 358 g/mol. The molecule has 0 aromatic heterocycles. The van der Waals surface area contributed by atoms with Crippen LogP contribution >= 0.6 is 0 Å². The summed E-state index contributed by atoms with van der Waals surface area (Å²) in [5.74, 6) is -1.02. The van der Waals surface area contributed by atoms with Crippen molar-refractivity contribution in [1.29, 1.82) is 0 Å². The molecule has 0 aliphatic carbocycles. The molecule has 1 atom stereocenters. The SMILES string of the molecule is C[C@@H](OS(=O)(=O)c1ccc2ccccc2c1)C(=O)c1ccc(F)cc1. The summed E-state index contributed by atoms with van der Waals surface area (Å²) < 4.78 is 42.9. The van der Waals surface area contributed by atoms with E-state index >= 15 is 0 Å². The Morgan fingerprint density at radius 2 is 1.60 bits per heavy atom. The van der Waals surface area contributed by atoms with Crippen LogP contribution in [0.3, 0.4) is 0 Å². The lowest BCUT2D eigenvalue weighted by Gasteiger charge is -2.13. The van der Waals surface area contributed by atoms with Gasteiger partial charge in [-0.2, -0.15) is 8.42 Å². The second-order valence-electron chi connectivity index (χ2n) is 5.57. The topological polar surface area (TPSA) is 60.4 Å². The molecule has 25 heavy (non-hydrogen) atoms. The molecule has 128 valence electrons. The van der Waals surface area contributed by atoms with Crippen LogP contribution in [0.4, 0.5) is 4.39 Å². The number of ketones is 1. The number of hydrogen-bond acceptors (Lipinski definition) is 4. The third kappa shape index (κ3) is 3.75. The molecule has 0 saturated heterocycles. The summed E-state index contributed by atoms with van der Waals surface area (Å²) in [6.07, 6.45) is -1.22. The number of rotatable bonds is 5. The maximum absolute atomic E-state index is 12.9. The predicted octanol–water partition coefficient (Wildman–Crippen LogP) is 3.96. The van der Waals surface area contributed by atoms with Crippen LogP contribution in [-0.2, 0) is 14.3 Å². The molecular weight excluding hydrogens is 343 g/mol. The zero-order chi connectivity index (χ0) is 18.0. The first-order chi connectivity index (χ1) is 11.9. The molecular formula is C19H15FO4S. The van der Waals surface area contributed by atoms with E-state index in [0.717, 1.165) is 22.9 Å². The summed E-state index contributed by atoms with van der Waals surface area (Å²) in [6, 6.07) is 16.8. The van der Waals surface area contributed by atoms with Gasteiger partial charge in [-0.1, -0.05) is 30.3 Å². The second kappa shape index (κ2) is 6.74. The van der Waals surface area contributed by atoms with Gasteiger partial charge >= 0.3 is 0 Å². The van der Waals surface area contributed by atoms with Gasteiger partial charge in [-0.05, 0) is 54.1 Å². The minimum atomic E-state index is -4.11. The molecule has 0 bridgehead atoms. The van der Waals surface area contributed by atoms with E-state index in [-0.39, 0.29) is 10.5 Å². The van der Waals surface area contributed by atoms with E-state index in [4.69, 9.17) is 4.18 Å². The predicted molar refractivity (Wildman–Crippen MR) is 92.4 cm³/mol. The molecule has 0 saturated carbocycles. The first-order valence-corrected chi connectivity index (χ1v) is 8.99. The highest BCUT2D eigenvalue weighted by Gasteiger charge is 2.25. The zero-order valence-electron chi connectivity index (χ0n) is 13.3. The largest absolute Gasteiger partial charge is 0.297 e. The maximum atomic E-state index is 12.9. The zero-order valence-corrected chi connectivity index (χ0v) is 14.2. The Kier molecular flexibility index (Phi) is 4.65. The van der Waals surface area contributed by atoms with E-state index in [1.807, 2.05) is 12.1 Å². The van der Waals surface area contributed by atoms with Gasteiger partial charge < -0.3 is 0 Å². The smallest absolute Gasteiger partial charge is 0.291 e. The van der Waals surface area contributed by atoms with Crippen molar-refractivity contribution in [1.82, 2.24) is 0 Å². The van der Waals surface area contributed by atoms with Crippen LogP contribution in [-0.4, -0.2) is 20.3 Å². The Labute approximate surface area is 145 Å². The van der Waals surface area contributed by atoms with Crippen molar-refractivity contribution in [3.05, 3.63) is 78.1 Å². The number of hydrogen-bond donors (Lipinski definition) is 0. The number of Topliss-reactive ketones (excluding diaryl/α,β-unsaturated/α-hetero) is 1. The number of halogens is 1. The highest BCUT2D eigenvalue weighted by atomic mass is 32.2. The summed E-state index contributed by atoms with van der Waals surface area (Å²) in [7, 11) is -4.11. The van der Waals surface area contributed by atoms with Gasteiger partial charge in [0.2, 0.25) is 0 Å². The summed E-state index contributed by atoms with van der Waals surface area (Å²) in [6.45, 7) is 1.35. The second-order valence-corrected chi connectivity index (χ2v) is 7.14. The van der Waals surface area contributed by atoms with Gasteiger partial charge in [0, 0.05) is 5.56 Å². The lowest BCUT2D eigenvalue weighted by molar-refractivity contribution is 0.0825. The molecule has 0 fully saturated rings. The molecule has 0 heterocycles. The summed E-state index contributed by atoms with van der Waals surface area (Å²) in [5.41, 5.74) is 0.183. The van der Waals surface area contributed by atoms with Crippen LogP contribution in [0, 0.1) is 5.82 Å². The first kappa shape index (κ1) is 17.3. The van der Waals surface area contributed by atoms with Gasteiger partial charge in [0.25, 0.3) is 10.1 Å². The Morgan fingerprint density at radius 1 is 0.960 bits per heavy atom. The molecule has 3 aromatic carbocycles. The molecule has 0 aliphatic rings. The average Bonchev–Trinajstić information content (AvgIpc) is 2.61. The molecule has 4 nitrogen and oxygen atoms in total. The van der Waals surface area contributed by atoms with Crippen LogP contribution < -0.4 is 0 Å². The molecule has 6 heteroatoms. The third-order valence-electron chi connectivity index (χ3n) is 3.78. The molecule has 3 aromatic rings. The van der Waals surface area contributed by atoms with E-state index in [9.17, 15) is 17.6 Å². The lowest BCUT2D eigenvalue weighted by atomic mass is 10.1. The van der Waals surface area contributed by atoms with Crippen molar-refractivity contribution < 1.29 is 21.8 Å². The molecule has 0 unspecified atom stereocenters. The molecule has 0 amide bonds. The van der Waals surface area contributed by atoms with Gasteiger partial charge in [-0.25, -0.2) is 4.39 Å². The van der Waals surface area contributed by atoms with Crippen molar-refractivity contribution in [3.63, 3.8) is 0 Å². The number of benzene rings is 3. The quantitative estimate of drug-likeness (QED) is 0.512. The number of carbonyl (C=O) groups excluding carboxylic acids is 1. The Balaban J connectivity index is 1.84. The van der Waals surface area contributed by atoms with Crippen molar-refractivity contribution in [3.8, 4) is 0 Å². The van der Waals surface area contributed by atoms with E-state index in [1.54, 1.807) is 18.2 Å². The fourth-order valence-corrected chi connectivity index (χ4v) is 3.55. The Hall–Kier alpha value is -2.57. The van der Waals surface area contributed by atoms with Crippen LogP contribution in [0.2, 0.25) is 0 Å². The standard InChI is InChI=1S/C19H15FO4S/c1-13(19(21)15-6-9-17(20)10-7-15)24-25(22,23)18-11-8-14-4-2-3-5-16(14)12-18/h2-13H,1H3/t13-/m1/s1. The molecule has 0 radical (unpaired) electrons. The Morgan fingerprint density at radius 3 is 2.28 bits per heavy atom. The molecule has 0 aliphatic heterocycles. The van der Waals surface area contributed by atoms with E-state index in [2.05, 4.69) is 0 Å². The van der Waals surface area contributed by atoms with Gasteiger partial charge in [-0.3, -0.25) is 8.98 Å².